The average molecular weight is 635 g/mol. The van der Waals surface area contributed by atoms with Crippen molar-refractivity contribution in [2.24, 2.45) is 0 Å². The van der Waals surface area contributed by atoms with Gasteiger partial charge in [-0.15, -0.1) is 11.3 Å². The number of nitriles is 1. The third-order valence-corrected chi connectivity index (χ3v) is 12.1. The molecule has 8 rings (SSSR count). The van der Waals surface area contributed by atoms with Crippen molar-refractivity contribution in [1.82, 2.24) is 34.9 Å². The summed E-state index contributed by atoms with van der Waals surface area (Å²) in [5, 5.41) is 14.8. The molecular formula is C31H39FN10O2S. The lowest BCUT2D eigenvalue weighted by Gasteiger charge is -2.45. The lowest BCUT2D eigenvalue weighted by molar-refractivity contribution is 0.107. The minimum Gasteiger partial charge on any atom is -0.461 e. The number of nitrogen functional groups attached to an aromatic ring is 1. The summed E-state index contributed by atoms with van der Waals surface area (Å²) >= 11 is 1.47. The van der Waals surface area contributed by atoms with E-state index in [1.165, 1.54) is 17.8 Å². The molecule has 0 aromatic carbocycles. The number of rotatable bonds is 6. The molecule has 4 aliphatic heterocycles. The topological polar surface area (TPSA) is 146 Å². The van der Waals surface area contributed by atoms with Gasteiger partial charge in [0, 0.05) is 48.6 Å². The number of nitrogens with zero attached hydrogens (tertiary/aromatic N) is 9. The van der Waals surface area contributed by atoms with Gasteiger partial charge in [-0.3, -0.25) is 9.80 Å². The average Bonchev–Trinajstić information content (AvgIpc) is 3.83. The standard InChI is InChI=1S/C31H39FN10O2S/c1-29-7-4-10-41(29)13-12-40(17-29)27-36-24(37-28(38-27)43-18-31-9-5-11-42(31)16-19(32)14-31)25-35-26(44-39-25)30(2)8-3-6-21-22(30)20(15-33)23(34)45-21/h19H,3-14,16-18,34H2,1-2H3/t19-,29+,30+,31?/m1/s1. The molecule has 4 fully saturated rings. The first-order valence-corrected chi connectivity index (χ1v) is 17.0. The molecule has 4 atom stereocenters. The number of aromatic nitrogens is 5. The van der Waals surface area contributed by atoms with E-state index in [0.717, 1.165) is 81.7 Å². The number of nitrogens with two attached hydrogens (primary N) is 1. The minimum absolute atomic E-state index is 0.0583. The Hall–Kier alpha value is -3.41. The molecular weight excluding hydrogens is 595 g/mol. The fourth-order valence-electron chi connectivity index (χ4n) is 8.69. The molecule has 0 saturated carbocycles. The van der Waals surface area contributed by atoms with Crippen LogP contribution < -0.4 is 15.4 Å². The zero-order valence-electron chi connectivity index (χ0n) is 25.9. The van der Waals surface area contributed by atoms with E-state index in [4.69, 9.17) is 29.9 Å². The molecule has 1 unspecified atom stereocenters. The van der Waals surface area contributed by atoms with Gasteiger partial charge in [0.25, 0.3) is 0 Å². The molecule has 0 bridgehead atoms. The van der Waals surface area contributed by atoms with E-state index in [1.54, 1.807) is 0 Å². The summed E-state index contributed by atoms with van der Waals surface area (Å²) in [4.78, 5) is 27.3. The summed E-state index contributed by atoms with van der Waals surface area (Å²) in [7, 11) is 0. The molecule has 4 saturated heterocycles. The number of halogens is 1. The highest BCUT2D eigenvalue weighted by atomic mass is 32.1. The monoisotopic (exact) mass is 634 g/mol. The lowest BCUT2D eigenvalue weighted by atomic mass is 9.72. The molecule has 45 heavy (non-hydrogen) atoms. The Morgan fingerprint density at radius 1 is 1.04 bits per heavy atom. The van der Waals surface area contributed by atoms with Crippen LogP contribution in [-0.2, 0) is 11.8 Å². The van der Waals surface area contributed by atoms with Gasteiger partial charge < -0.3 is 19.9 Å². The van der Waals surface area contributed by atoms with Gasteiger partial charge in [0.1, 0.15) is 23.8 Å². The number of alkyl halides is 1. The van der Waals surface area contributed by atoms with Crippen molar-refractivity contribution in [2.75, 3.05) is 56.5 Å². The predicted molar refractivity (Wildman–Crippen MR) is 166 cm³/mol. The van der Waals surface area contributed by atoms with Crippen LogP contribution in [0.1, 0.15) is 80.7 Å². The molecule has 12 nitrogen and oxygen atoms in total. The Morgan fingerprint density at radius 2 is 1.89 bits per heavy atom. The lowest BCUT2D eigenvalue weighted by Crippen LogP contribution is -2.58. The number of anilines is 2. The van der Waals surface area contributed by atoms with Crippen LogP contribution in [0.3, 0.4) is 0 Å². The Kier molecular flexibility index (Phi) is 6.82. The highest BCUT2D eigenvalue weighted by Crippen LogP contribution is 2.48. The number of aryl methyl sites for hydroxylation is 1. The van der Waals surface area contributed by atoms with Crippen LogP contribution in [-0.4, -0.2) is 98.0 Å². The molecule has 5 aliphatic rings. The van der Waals surface area contributed by atoms with Crippen LogP contribution in [0.2, 0.25) is 0 Å². The van der Waals surface area contributed by atoms with Crippen molar-refractivity contribution in [1.29, 1.82) is 5.26 Å². The fraction of sp³-hybridized carbons (Fsp3) is 0.677. The summed E-state index contributed by atoms with van der Waals surface area (Å²) in [6, 6.07) is 2.49. The van der Waals surface area contributed by atoms with Crippen molar-refractivity contribution in [2.45, 2.75) is 87.9 Å². The molecule has 0 amide bonds. The number of thiophene rings is 1. The van der Waals surface area contributed by atoms with E-state index in [0.29, 0.717) is 42.0 Å². The van der Waals surface area contributed by atoms with Crippen LogP contribution in [0.5, 0.6) is 6.01 Å². The van der Waals surface area contributed by atoms with Gasteiger partial charge in [0.05, 0.1) is 16.5 Å². The number of ether oxygens (including phenoxy) is 1. The van der Waals surface area contributed by atoms with E-state index in [9.17, 15) is 9.65 Å². The molecule has 3 aromatic rings. The molecule has 14 heteroatoms. The van der Waals surface area contributed by atoms with Crippen molar-refractivity contribution in [3.05, 3.63) is 21.9 Å². The zero-order valence-corrected chi connectivity index (χ0v) is 26.7. The van der Waals surface area contributed by atoms with Crippen molar-refractivity contribution in [3.8, 4) is 23.7 Å². The zero-order chi connectivity index (χ0) is 31.0. The summed E-state index contributed by atoms with van der Waals surface area (Å²) < 4.78 is 26.7. The van der Waals surface area contributed by atoms with E-state index in [1.807, 2.05) is 6.92 Å². The van der Waals surface area contributed by atoms with Crippen LogP contribution in [0, 0.1) is 11.3 Å². The van der Waals surface area contributed by atoms with Gasteiger partial charge >= 0.3 is 6.01 Å². The van der Waals surface area contributed by atoms with E-state index >= 15 is 0 Å². The van der Waals surface area contributed by atoms with Gasteiger partial charge in [0.2, 0.25) is 23.5 Å². The Bertz CT molecular complexity index is 1670. The summed E-state index contributed by atoms with van der Waals surface area (Å²) in [6.07, 6.45) is 6.39. The summed E-state index contributed by atoms with van der Waals surface area (Å²) in [6.45, 7) is 9.63. The second-order valence-electron chi connectivity index (χ2n) is 14.0. The fourth-order valence-corrected chi connectivity index (χ4v) is 9.88. The van der Waals surface area contributed by atoms with Crippen LogP contribution in [0.25, 0.3) is 11.6 Å². The molecule has 238 valence electrons. The van der Waals surface area contributed by atoms with Crippen molar-refractivity contribution in [3.63, 3.8) is 0 Å². The highest BCUT2D eigenvalue weighted by Gasteiger charge is 2.50. The Morgan fingerprint density at radius 3 is 2.76 bits per heavy atom. The maximum absolute atomic E-state index is 14.5. The van der Waals surface area contributed by atoms with Gasteiger partial charge in [-0.1, -0.05) is 5.16 Å². The van der Waals surface area contributed by atoms with Crippen LogP contribution >= 0.6 is 11.3 Å². The van der Waals surface area contributed by atoms with E-state index < -0.39 is 11.6 Å². The minimum atomic E-state index is -0.846. The number of piperazine rings is 1. The quantitative estimate of drug-likeness (QED) is 0.422. The SMILES string of the molecule is C[C@]1(c2nc(-c3nc(OCC45CCCN4C[C@H](F)C5)nc(N4CCN5CCC[C@@]5(C)C4)n3)no2)CCCc2sc(N)c(C#N)c21. The third kappa shape index (κ3) is 4.68. The number of fused-ring (bicyclic) bond motifs is 3. The molecule has 1 aliphatic carbocycles. The van der Waals surface area contributed by atoms with Gasteiger partial charge in [-0.2, -0.15) is 25.2 Å². The van der Waals surface area contributed by atoms with Gasteiger partial charge in [-0.25, -0.2) is 4.39 Å². The van der Waals surface area contributed by atoms with Crippen LogP contribution in [0.4, 0.5) is 15.3 Å². The Balaban J connectivity index is 1.14. The first-order valence-electron chi connectivity index (χ1n) is 16.1. The highest BCUT2D eigenvalue weighted by molar-refractivity contribution is 7.16. The second kappa shape index (κ2) is 10.6. The first kappa shape index (κ1) is 29.0. The van der Waals surface area contributed by atoms with Gasteiger partial charge in [-0.05, 0) is 71.9 Å². The molecule has 7 heterocycles. The summed E-state index contributed by atoms with van der Waals surface area (Å²) in [5.74, 6) is 1.44. The largest absolute Gasteiger partial charge is 0.461 e. The molecule has 2 N–H and O–H groups in total. The van der Waals surface area contributed by atoms with E-state index in [-0.39, 0.29) is 28.7 Å². The second-order valence-corrected chi connectivity index (χ2v) is 15.1. The van der Waals surface area contributed by atoms with Crippen molar-refractivity contribution >= 4 is 22.3 Å². The summed E-state index contributed by atoms with van der Waals surface area (Å²) in [5.41, 5.74) is 6.70. The molecule has 3 aromatic heterocycles. The maximum atomic E-state index is 14.5. The normalized spacial score (nSPS) is 31.5. The van der Waals surface area contributed by atoms with Crippen molar-refractivity contribution < 1.29 is 13.7 Å². The predicted octanol–water partition coefficient (Wildman–Crippen LogP) is 3.71. The molecule has 0 spiro atoms. The van der Waals surface area contributed by atoms with E-state index in [2.05, 4.69) is 37.8 Å². The Labute approximate surface area is 265 Å². The van der Waals surface area contributed by atoms with Crippen LogP contribution in [0.15, 0.2) is 4.52 Å². The number of hydrogen-bond donors (Lipinski definition) is 1. The maximum Gasteiger partial charge on any atom is 0.321 e. The van der Waals surface area contributed by atoms with Gasteiger partial charge in [0.15, 0.2) is 0 Å². The number of hydrogen-bond acceptors (Lipinski definition) is 13. The smallest absolute Gasteiger partial charge is 0.321 e. The third-order valence-electron chi connectivity index (χ3n) is 11.0. The molecule has 0 radical (unpaired) electrons. The first-order chi connectivity index (χ1) is 21.7.